The topological polar surface area (TPSA) is 77.2 Å². The molecule has 33 heavy (non-hydrogen) atoms. The number of carbonyl (C=O) groups excluding carboxylic acids is 1. The van der Waals surface area contributed by atoms with Crippen molar-refractivity contribution in [3.05, 3.63) is 89.0 Å². The van der Waals surface area contributed by atoms with Gasteiger partial charge in [-0.3, -0.25) is 9.79 Å². The zero-order valence-corrected chi connectivity index (χ0v) is 19.2. The SMILES string of the molecule is CCN1C(=O)C(Cc2cccc(CN)c2)N=C(c2ccccc2)c2cc(OC)c(OC)cc21. The summed E-state index contributed by atoms with van der Waals surface area (Å²) in [5, 5.41) is 0. The predicted octanol–water partition coefficient (Wildman–Crippen LogP) is 3.98. The van der Waals surface area contributed by atoms with Crippen molar-refractivity contribution in [2.75, 3.05) is 25.7 Å². The molecule has 0 saturated carbocycles. The van der Waals surface area contributed by atoms with Gasteiger partial charge in [0, 0.05) is 36.7 Å². The fourth-order valence-electron chi connectivity index (χ4n) is 4.25. The van der Waals surface area contributed by atoms with Gasteiger partial charge < -0.3 is 20.1 Å². The second-order valence-electron chi connectivity index (χ2n) is 7.89. The first kappa shape index (κ1) is 22.6. The molecule has 1 aliphatic heterocycles. The standard InChI is InChI=1S/C27H29N3O3/c1-4-30-23-16-25(33-3)24(32-2)15-21(23)26(20-11-6-5-7-12-20)29-22(27(30)31)14-18-9-8-10-19(13-18)17-28/h5-13,15-16,22H,4,14,17,28H2,1-3H3. The first-order valence-electron chi connectivity index (χ1n) is 11.1. The Morgan fingerprint density at radius 1 is 0.939 bits per heavy atom. The number of aliphatic imine (C=N–C) groups is 1. The molecule has 0 spiro atoms. The average Bonchev–Trinajstić information content (AvgIpc) is 2.97. The maximum absolute atomic E-state index is 13.8. The molecule has 0 radical (unpaired) electrons. The number of hydrogen-bond donors (Lipinski definition) is 1. The van der Waals surface area contributed by atoms with Gasteiger partial charge in [0.05, 0.1) is 25.6 Å². The van der Waals surface area contributed by atoms with Gasteiger partial charge >= 0.3 is 0 Å². The average molecular weight is 444 g/mol. The first-order valence-corrected chi connectivity index (χ1v) is 11.1. The molecule has 4 rings (SSSR count). The number of nitrogens with zero attached hydrogens (tertiary/aromatic N) is 2. The highest BCUT2D eigenvalue weighted by Crippen LogP contribution is 2.38. The lowest BCUT2D eigenvalue weighted by Gasteiger charge is -2.25. The Hall–Kier alpha value is -3.64. The summed E-state index contributed by atoms with van der Waals surface area (Å²) < 4.78 is 11.1. The third-order valence-electron chi connectivity index (χ3n) is 5.90. The van der Waals surface area contributed by atoms with Gasteiger partial charge in [0.1, 0.15) is 6.04 Å². The third-order valence-corrected chi connectivity index (χ3v) is 5.90. The fourth-order valence-corrected chi connectivity index (χ4v) is 4.25. The summed E-state index contributed by atoms with van der Waals surface area (Å²) in [5.41, 5.74) is 11.2. The lowest BCUT2D eigenvalue weighted by molar-refractivity contribution is -0.119. The first-order chi connectivity index (χ1) is 16.1. The van der Waals surface area contributed by atoms with Gasteiger partial charge in [-0.05, 0) is 24.1 Å². The van der Waals surface area contributed by atoms with E-state index < -0.39 is 6.04 Å². The van der Waals surface area contributed by atoms with E-state index in [1.54, 1.807) is 19.1 Å². The molecule has 170 valence electrons. The number of fused-ring (bicyclic) bond motifs is 1. The van der Waals surface area contributed by atoms with Gasteiger partial charge in [0.2, 0.25) is 0 Å². The monoisotopic (exact) mass is 443 g/mol. The Kier molecular flexibility index (Phi) is 6.75. The van der Waals surface area contributed by atoms with Gasteiger partial charge in [-0.2, -0.15) is 0 Å². The van der Waals surface area contributed by atoms with E-state index in [1.807, 2.05) is 73.7 Å². The second kappa shape index (κ2) is 9.88. The van der Waals surface area contributed by atoms with Crippen molar-refractivity contribution >= 4 is 17.3 Å². The van der Waals surface area contributed by atoms with Gasteiger partial charge in [-0.1, -0.05) is 54.6 Å². The number of hydrogen-bond acceptors (Lipinski definition) is 5. The van der Waals surface area contributed by atoms with Crippen LogP contribution < -0.4 is 20.1 Å². The zero-order chi connectivity index (χ0) is 23.4. The largest absolute Gasteiger partial charge is 0.493 e. The Morgan fingerprint density at radius 2 is 1.64 bits per heavy atom. The molecule has 1 aliphatic rings. The van der Waals surface area contributed by atoms with Crippen molar-refractivity contribution in [3.63, 3.8) is 0 Å². The van der Waals surface area contributed by atoms with Crippen LogP contribution in [0.4, 0.5) is 5.69 Å². The quantitative estimate of drug-likeness (QED) is 0.599. The molecule has 1 unspecified atom stereocenters. The minimum absolute atomic E-state index is 0.0462. The highest BCUT2D eigenvalue weighted by atomic mass is 16.5. The number of anilines is 1. The number of amides is 1. The molecule has 0 aliphatic carbocycles. The molecular formula is C27H29N3O3. The van der Waals surface area contributed by atoms with Crippen LogP contribution in [0.25, 0.3) is 0 Å². The van der Waals surface area contributed by atoms with Crippen molar-refractivity contribution < 1.29 is 14.3 Å². The van der Waals surface area contributed by atoms with E-state index in [0.717, 1.165) is 33.7 Å². The summed E-state index contributed by atoms with van der Waals surface area (Å²) in [6.45, 7) is 2.94. The van der Waals surface area contributed by atoms with Crippen LogP contribution in [0.3, 0.4) is 0 Å². The number of carbonyl (C=O) groups is 1. The van der Waals surface area contributed by atoms with E-state index in [4.69, 9.17) is 20.2 Å². The lowest BCUT2D eigenvalue weighted by Crippen LogP contribution is -2.38. The summed E-state index contributed by atoms with van der Waals surface area (Å²) in [6, 6.07) is 21.2. The normalized spacial score (nSPS) is 15.5. The number of nitrogens with two attached hydrogens (primary N) is 1. The fraction of sp³-hybridized carbons (Fsp3) is 0.259. The maximum Gasteiger partial charge on any atom is 0.252 e. The highest BCUT2D eigenvalue weighted by Gasteiger charge is 2.32. The van der Waals surface area contributed by atoms with Crippen LogP contribution in [-0.4, -0.2) is 38.4 Å². The van der Waals surface area contributed by atoms with Crippen LogP contribution in [-0.2, 0) is 17.8 Å². The van der Waals surface area contributed by atoms with Crippen LogP contribution in [0.5, 0.6) is 11.5 Å². The molecule has 6 heteroatoms. The van der Waals surface area contributed by atoms with Crippen molar-refractivity contribution in [1.82, 2.24) is 0 Å². The Balaban J connectivity index is 1.90. The molecule has 1 amide bonds. The second-order valence-corrected chi connectivity index (χ2v) is 7.89. The van der Waals surface area contributed by atoms with Crippen LogP contribution in [0.2, 0.25) is 0 Å². The zero-order valence-electron chi connectivity index (χ0n) is 19.2. The summed E-state index contributed by atoms with van der Waals surface area (Å²) in [5.74, 6) is 1.12. The van der Waals surface area contributed by atoms with Crippen LogP contribution in [0.1, 0.15) is 29.2 Å². The molecule has 6 nitrogen and oxygen atoms in total. The van der Waals surface area contributed by atoms with Gasteiger partial charge in [-0.25, -0.2) is 0 Å². The van der Waals surface area contributed by atoms with E-state index in [-0.39, 0.29) is 5.91 Å². The van der Waals surface area contributed by atoms with Crippen LogP contribution in [0, 0.1) is 0 Å². The van der Waals surface area contributed by atoms with Gasteiger partial charge in [-0.15, -0.1) is 0 Å². The number of likely N-dealkylation sites (N-methyl/N-ethyl adjacent to an activating group) is 1. The summed E-state index contributed by atoms with van der Waals surface area (Å²) in [7, 11) is 3.20. The Labute approximate surface area is 194 Å². The number of benzodiazepines with no additional fused rings is 1. The van der Waals surface area contributed by atoms with E-state index in [2.05, 4.69) is 0 Å². The number of benzene rings is 3. The summed E-state index contributed by atoms with van der Waals surface area (Å²) in [4.78, 5) is 20.6. The molecule has 3 aromatic carbocycles. The number of rotatable bonds is 7. The Bertz CT molecular complexity index is 1170. The van der Waals surface area contributed by atoms with Crippen molar-refractivity contribution in [2.45, 2.75) is 25.9 Å². The van der Waals surface area contributed by atoms with Crippen LogP contribution in [0.15, 0.2) is 71.7 Å². The smallest absolute Gasteiger partial charge is 0.252 e. The molecule has 0 fully saturated rings. The number of ether oxygens (including phenoxy) is 2. The van der Waals surface area contributed by atoms with Crippen molar-refractivity contribution in [3.8, 4) is 11.5 Å². The molecule has 1 heterocycles. The molecular weight excluding hydrogens is 414 g/mol. The number of methoxy groups -OCH3 is 2. The Morgan fingerprint density at radius 3 is 2.30 bits per heavy atom. The predicted molar refractivity (Wildman–Crippen MR) is 131 cm³/mol. The van der Waals surface area contributed by atoms with E-state index >= 15 is 0 Å². The third kappa shape index (κ3) is 4.47. The van der Waals surface area contributed by atoms with E-state index in [9.17, 15) is 4.79 Å². The molecule has 1 atom stereocenters. The molecule has 0 aromatic heterocycles. The summed E-state index contributed by atoms with van der Waals surface area (Å²) >= 11 is 0. The molecule has 0 bridgehead atoms. The highest BCUT2D eigenvalue weighted by molar-refractivity contribution is 6.20. The van der Waals surface area contributed by atoms with E-state index in [0.29, 0.717) is 31.0 Å². The van der Waals surface area contributed by atoms with Gasteiger partial charge in [0.25, 0.3) is 5.91 Å². The molecule has 3 aromatic rings. The van der Waals surface area contributed by atoms with Crippen molar-refractivity contribution in [1.29, 1.82) is 0 Å². The molecule has 0 saturated heterocycles. The lowest BCUT2D eigenvalue weighted by atomic mass is 9.99. The van der Waals surface area contributed by atoms with Crippen molar-refractivity contribution in [2.24, 2.45) is 10.7 Å². The van der Waals surface area contributed by atoms with Crippen LogP contribution >= 0.6 is 0 Å². The summed E-state index contributed by atoms with van der Waals surface area (Å²) in [6.07, 6.45) is 0.488. The molecule has 2 N–H and O–H groups in total. The minimum atomic E-state index is -0.572. The maximum atomic E-state index is 13.8. The minimum Gasteiger partial charge on any atom is -0.493 e. The van der Waals surface area contributed by atoms with E-state index in [1.165, 1.54) is 0 Å². The van der Waals surface area contributed by atoms with Gasteiger partial charge in [0.15, 0.2) is 11.5 Å².